The molecule has 0 aliphatic carbocycles. The Morgan fingerprint density at radius 1 is 1.64 bits per heavy atom. The lowest BCUT2D eigenvalue weighted by Gasteiger charge is -2.15. The topological polar surface area (TPSA) is 29.5 Å². The predicted octanol–water partition coefficient (Wildman–Crippen LogP) is 0.603. The lowest BCUT2D eigenvalue weighted by Crippen LogP contribution is -2.33. The number of terminal acetylenes is 1. The second-order valence-electron chi connectivity index (χ2n) is 2.90. The number of carbonyl (C=O) groups is 1. The molecular weight excluding hydrogens is 142 g/mol. The van der Waals surface area contributed by atoms with E-state index in [4.69, 9.17) is 11.2 Å². The largest absolute Gasteiger partial charge is 0.447 e. The number of cyclic esters (lactones) is 1. The van der Waals surface area contributed by atoms with Crippen molar-refractivity contribution in [2.45, 2.75) is 24.9 Å². The van der Waals surface area contributed by atoms with Gasteiger partial charge in [0.15, 0.2) is 0 Å². The highest BCUT2D eigenvalue weighted by Gasteiger charge is 2.42. The first-order chi connectivity index (χ1) is 5.33. The van der Waals surface area contributed by atoms with Crippen molar-refractivity contribution < 1.29 is 9.53 Å². The molecule has 0 N–H and O–H groups in total. The molecule has 1 amide bonds. The van der Waals surface area contributed by atoms with Gasteiger partial charge in [0.05, 0.1) is 12.1 Å². The molecule has 11 heavy (non-hydrogen) atoms. The fraction of sp³-hybridized carbons (Fsp3) is 0.625. The van der Waals surface area contributed by atoms with Gasteiger partial charge < -0.3 is 4.74 Å². The summed E-state index contributed by atoms with van der Waals surface area (Å²) in [6, 6.07) is 0.235. The van der Waals surface area contributed by atoms with Crippen LogP contribution < -0.4 is 0 Å². The monoisotopic (exact) mass is 151 g/mol. The van der Waals surface area contributed by atoms with Crippen LogP contribution in [0.4, 0.5) is 4.79 Å². The van der Waals surface area contributed by atoms with Crippen molar-refractivity contribution >= 4 is 6.09 Å². The molecule has 58 valence electrons. The van der Waals surface area contributed by atoms with Crippen LogP contribution in [0.1, 0.15) is 12.8 Å². The fourth-order valence-corrected chi connectivity index (χ4v) is 1.73. The summed E-state index contributed by atoms with van der Waals surface area (Å²) in [5.74, 6) is 2.59. The van der Waals surface area contributed by atoms with Crippen molar-refractivity contribution in [2.24, 2.45) is 0 Å². The molecule has 2 heterocycles. The van der Waals surface area contributed by atoms with Crippen molar-refractivity contribution in [3.63, 3.8) is 0 Å². The highest BCUT2D eigenvalue weighted by atomic mass is 16.6. The second-order valence-corrected chi connectivity index (χ2v) is 2.90. The van der Waals surface area contributed by atoms with Crippen LogP contribution in [0.3, 0.4) is 0 Å². The maximum atomic E-state index is 11.0. The first-order valence-corrected chi connectivity index (χ1v) is 3.74. The number of rotatable bonds is 0. The van der Waals surface area contributed by atoms with E-state index in [2.05, 4.69) is 5.92 Å². The van der Waals surface area contributed by atoms with Gasteiger partial charge in [-0.3, -0.25) is 4.90 Å². The smallest absolute Gasteiger partial charge is 0.411 e. The molecule has 2 aliphatic heterocycles. The molecule has 2 saturated heterocycles. The van der Waals surface area contributed by atoms with Gasteiger partial charge in [-0.1, -0.05) is 5.92 Å². The average molecular weight is 151 g/mol. The molecule has 0 aromatic heterocycles. The lowest BCUT2D eigenvalue weighted by atomic mass is 10.2. The summed E-state index contributed by atoms with van der Waals surface area (Å²) in [4.78, 5) is 12.7. The van der Waals surface area contributed by atoms with Crippen LogP contribution in [-0.4, -0.2) is 29.7 Å². The molecule has 0 saturated carbocycles. The van der Waals surface area contributed by atoms with E-state index in [1.807, 2.05) is 0 Å². The Balaban J connectivity index is 2.21. The zero-order valence-electron chi connectivity index (χ0n) is 6.12. The Bertz CT molecular complexity index is 231. The average Bonchev–Trinajstić information content (AvgIpc) is 2.54. The van der Waals surface area contributed by atoms with Gasteiger partial charge in [0.1, 0.15) is 6.61 Å². The Hall–Kier alpha value is -1.17. The molecule has 2 fully saturated rings. The summed E-state index contributed by atoms with van der Waals surface area (Å²) in [5, 5.41) is 0. The van der Waals surface area contributed by atoms with Gasteiger partial charge in [0.2, 0.25) is 0 Å². The molecule has 0 bridgehead atoms. The molecule has 3 heteroatoms. The van der Waals surface area contributed by atoms with Crippen molar-refractivity contribution in [1.82, 2.24) is 4.90 Å². The van der Waals surface area contributed by atoms with Crippen LogP contribution >= 0.6 is 0 Å². The maximum absolute atomic E-state index is 11.0. The third-order valence-corrected chi connectivity index (χ3v) is 2.30. The van der Waals surface area contributed by atoms with Gasteiger partial charge in [0.25, 0.3) is 0 Å². The minimum absolute atomic E-state index is 0.0185. The van der Waals surface area contributed by atoms with Crippen molar-refractivity contribution in [3.8, 4) is 12.3 Å². The highest BCUT2D eigenvalue weighted by molar-refractivity contribution is 5.71. The van der Waals surface area contributed by atoms with Gasteiger partial charge in [-0.05, 0) is 12.8 Å². The zero-order chi connectivity index (χ0) is 7.84. The van der Waals surface area contributed by atoms with E-state index in [0.29, 0.717) is 6.61 Å². The fourth-order valence-electron chi connectivity index (χ4n) is 1.73. The Morgan fingerprint density at radius 2 is 2.45 bits per heavy atom. The molecule has 2 rings (SSSR count). The SMILES string of the molecule is C#CC1CCC2COC(=O)N12. The van der Waals surface area contributed by atoms with Crippen molar-refractivity contribution in [1.29, 1.82) is 0 Å². The summed E-state index contributed by atoms with van der Waals surface area (Å²) in [6.45, 7) is 0.525. The highest BCUT2D eigenvalue weighted by Crippen LogP contribution is 2.28. The quantitative estimate of drug-likeness (QED) is 0.474. The number of ether oxygens (including phenoxy) is 1. The second kappa shape index (κ2) is 2.16. The van der Waals surface area contributed by atoms with Gasteiger partial charge >= 0.3 is 6.09 Å². The number of nitrogens with zero attached hydrogens (tertiary/aromatic N) is 1. The first-order valence-electron chi connectivity index (χ1n) is 3.74. The molecule has 3 nitrogen and oxygen atoms in total. The number of fused-ring (bicyclic) bond motifs is 1. The Kier molecular flexibility index (Phi) is 1.28. The Labute approximate surface area is 65.3 Å². The van der Waals surface area contributed by atoms with E-state index in [1.54, 1.807) is 4.90 Å². The zero-order valence-corrected chi connectivity index (χ0v) is 6.12. The van der Waals surface area contributed by atoms with Crippen LogP contribution in [-0.2, 0) is 4.74 Å². The molecule has 0 spiro atoms. The molecule has 2 aliphatic rings. The minimum Gasteiger partial charge on any atom is -0.447 e. The summed E-state index contributed by atoms with van der Waals surface area (Å²) in [5.41, 5.74) is 0. The van der Waals surface area contributed by atoms with E-state index in [9.17, 15) is 4.79 Å². The van der Waals surface area contributed by atoms with Crippen molar-refractivity contribution in [3.05, 3.63) is 0 Å². The lowest BCUT2D eigenvalue weighted by molar-refractivity contribution is 0.155. The summed E-state index contributed by atoms with van der Waals surface area (Å²) >= 11 is 0. The number of hydrogen-bond donors (Lipinski definition) is 0. The molecule has 0 aromatic carbocycles. The van der Waals surface area contributed by atoms with Gasteiger partial charge in [0, 0.05) is 0 Å². The number of hydrogen-bond acceptors (Lipinski definition) is 2. The summed E-state index contributed by atoms with van der Waals surface area (Å²) < 4.78 is 4.84. The predicted molar refractivity (Wildman–Crippen MR) is 38.8 cm³/mol. The molecule has 2 unspecified atom stereocenters. The van der Waals surface area contributed by atoms with E-state index >= 15 is 0 Å². The normalized spacial score (nSPS) is 34.8. The van der Waals surface area contributed by atoms with Crippen LogP contribution in [0.25, 0.3) is 0 Å². The number of carbonyl (C=O) groups excluding carboxylic acids is 1. The molecule has 2 atom stereocenters. The standard InChI is InChI=1S/C8H9NO2/c1-2-6-3-4-7-5-11-8(10)9(6)7/h1,6-7H,3-5H2. The molecular formula is C8H9NO2. The van der Waals surface area contributed by atoms with Gasteiger partial charge in [-0.15, -0.1) is 6.42 Å². The maximum Gasteiger partial charge on any atom is 0.411 e. The molecule has 0 aromatic rings. The van der Waals surface area contributed by atoms with E-state index in [-0.39, 0.29) is 18.2 Å². The molecule has 0 radical (unpaired) electrons. The number of amides is 1. The van der Waals surface area contributed by atoms with E-state index in [1.165, 1.54) is 0 Å². The summed E-state index contributed by atoms with van der Waals surface area (Å²) in [6.07, 6.45) is 6.93. The van der Waals surface area contributed by atoms with Crippen LogP contribution in [0, 0.1) is 12.3 Å². The van der Waals surface area contributed by atoms with Gasteiger partial charge in [-0.2, -0.15) is 0 Å². The summed E-state index contributed by atoms with van der Waals surface area (Å²) in [7, 11) is 0. The van der Waals surface area contributed by atoms with Crippen LogP contribution in [0.2, 0.25) is 0 Å². The minimum atomic E-state index is -0.240. The van der Waals surface area contributed by atoms with Crippen molar-refractivity contribution in [2.75, 3.05) is 6.61 Å². The van der Waals surface area contributed by atoms with Crippen LogP contribution in [0.5, 0.6) is 0 Å². The first kappa shape index (κ1) is 6.53. The third-order valence-electron chi connectivity index (χ3n) is 2.30. The van der Waals surface area contributed by atoms with Gasteiger partial charge in [-0.25, -0.2) is 4.79 Å². The van der Waals surface area contributed by atoms with E-state index in [0.717, 1.165) is 12.8 Å². The third kappa shape index (κ3) is 0.790. The van der Waals surface area contributed by atoms with E-state index < -0.39 is 0 Å². The van der Waals surface area contributed by atoms with Crippen LogP contribution in [0.15, 0.2) is 0 Å². The Morgan fingerprint density at radius 3 is 3.18 bits per heavy atom.